The van der Waals surface area contributed by atoms with E-state index in [9.17, 15) is 14.7 Å². The van der Waals surface area contributed by atoms with Crippen LogP contribution in [0.15, 0.2) is 46.4 Å². The van der Waals surface area contributed by atoms with Crippen molar-refractivity contribution < 1.29 is 23.8 Å². The van der Waals surface area contributed by atoms with Crippen molar-refractivity contribution in [2.24, 2.45) is 0 Å². The first-order chi connectivity index (χ1) is 13.8. The molecule has 154 valence electrons. The molecule has 7 heteroatoms. The van der Waals surface area contributed by atoms with Gasteiger partial charge >= 0.3 is 0 Å². The topological polar surface area (TPSA) is 83.2 Å². The molecule has 1 aliphatic heterocycles. The standard InChI is InChI=1S/C22H26N2O5/c1-5-28-16-8-6-7-15(13-16)20(25)18-19(17-10-9-14(2)29-17)24(12-11-23(3)4)22(27)21(18)26/h6-10,13,19,25H,5,11-12H2,1-4H3/t19-/m1/s1. The highest BCUT2D eigenvalue weighted by Gasteiger charge is 2.47. The van der Waals surface area contributed by atoms with Crippen molar-refractivity contribution in [1.29, 1.82) is 0 Å². The predicted octanol–water partition coefficient (Wildman–Crippen LogP) is 2.97. The zero-order chi connectivity index (χ0) is 21.1. The number of carbonyl (C=O) groups excluding carboxylic acids is 2. The lowest BCUT2D eigenvalue weighted by Crippen LogP contribution is -2.35. The molecule has 0 unspecified atom stereocenters. The van der Waals surface area contributed by atoms with Crippen LogP contribution in [0, 0.1) is 6.92 Å². The Hall–Kier alpha value is -3.06. The van der Waals surface area contributed by atoms with E-state index in [-0.39, 0.29) is 11.3 Å². The van der Waals surface area contributed by atoms with Crippen LogP contribution in [0.2, 0.25) is 0 Å². The van der Waals surface area contributed by atoms with Gasteiger partial charge in [0.2, 0.25) is 0 Å². The highest BCUT2D eigenvalue weighted by Crippen LogP contribution is 2.40. The number of furan rings is 1. The zero-order valence-corrected chi connectivity index (χ0v) is 17.1. The molecule has 0 radical (unpaired) electrons. The van der Waals surface area contributed by atoms with Crippen molar-refractivity contribution in [3.8, 4) is 5.75 Å². The number of nitrogens with zero attached hydrogens (tertiary/aromatic N) is 2. The van der Waals surface area contributed by atoms with Gasteiger partial charge in [-0.2, -0.15) is 0 Å². The fourth-order valence-electron chi connectivity index (χ4n) is 3.37. The molecule has 1 N–H and O–H groups in total. The molecule has 1 aliphatic rings. The number of aliphatic hydroxyl groups is 1. The summed E-state index contributed by atoms with van der Waals surface area (Å²) in [6.07, 6.45) is 0. The van der Waals surface area contributed by atoms with E-state index in [4.69, 9.17) is 9.15 Å². The lowest BCUT2D eigenvalue weighted by Gasteiger charge is -2.24. The Balaban J connectivity index is 2.10. The molecular weight excluding hydrogens is 372 g/mol. The van der Waals surface area contributed by atoms with Crippen molar-refractivity contribution in [3.05, 3.63) is 59.1 Å². The van der Waals surface area contributed by atoms with Gasteiger partial charge in [0, 0.05) is 18.7 Å². The normalized spacial score (nSPS) is 18.7. The van der Waals surface area contributed by atoms with E-state index in [0.29, 0.717) is 42.5 Å². The Bertz CT molecular complexity index is 944. The molecule has 2 heterocycles. The Morgan fingerprint density at radius 1 is 1.24 bits per heavy atom. The second-order valence-corrected chi connectivity index (χ2v) is 7.21. The Morgan fingerprint density at radius 2 is 2.00 bits per heavy atom. The number of hydrogen-bond acceptors (Lipinski definition) is 6. The minimum Gasteiger partial charge on any atom is -0.507 e. The minimum atomic E-state index is -0.778. The maximum absolute atomic E-state index is 12.9. The summed E-state index contributed by atoms with van der Waals surface area (Å²) in [5, 5.41) is 11.0. The fraction of sp³-hybridized carbons (Fsp3) is 0.364. The second-order valence-electron chi connectivity index (χ2n) is 7.21. The van der Waals surface area contributed by atoms with Crippen LogP contribution >= 0.6 is 0 Å². The van der Waals surface area contributed by atoms with Gasteiger partial charge < -0.3 is 24.1 Å². The molecule has 1 aromatic carbocycles. The van der Waals surface area contributed by atoms with Crippen LogP contribution < -0.4 is 4.74 Å². The number of ketones is 1. The molecule has 0 bridgehead atoms. The zero-order valence-electron chi connectivity index (χ0n) is 17.1. The van der Waals surface area contributed by atoms with Crippen LogP contribution in [-0.2, 0) is 9.59 Å². The van der Waals surface area contributed by atoms with Crippen LogP contribution in [0.4, 0.5) is 0 Å². The van der Waals surface area contributed by atoms with Crippen molar-refractivity contribution in [3.63, 3.8) is 0 Å². The van der Waals surface area contributed by atoms with Gasteiger partial charge in [-0.05, 0) is 52.2 Å². The third-order valence-corrected chi connectivity index (χ3v) is 4.78. The Labute approximate surface area is 170 Å². The van der Waals surface area contributed by atoms with Crippen molar-refractivity contribution in [2.75, 3.05) is 33.8 Å². The average Bonchev–Trinajstić information content (AvgIpc) is 3.21. The number of benzene rings is 1. The third-order valence-electron chi connectivity index (χ3n) is 4.78. The molecule has 1 saturated heterocycles. The largest absolute Gasteiger partial charge is 0.507 e. The van der Waals surface area contributed by atoms with Gasteiger partial charge in [0.1, 0.15) is 29.1 Å². The van der Waals surface area contributed by atoms with Gasteiger partial charge in [-0.15, -0.1) is 0 Å². The molecule has 1 aromatic heterocycles. The van der Waals surface area contributed by atoms with Gasteiger partial charge in [-0.3, -0.25) is 9.59 Å². The first-order valence-electron chi connectivity index (χ1n) is 9.56. The predicted molar refractivity (Wildman–Crippen MR) is 109 cm³/mol. The monoisotopic (exact) mass is 398 g/mol. The Morgan fingerprint density at radius 3 is 2.62 bits per heavy atom. The number of hydrogen-bond donors (Lipinski definition) is 1. The summed E-state index contributed by atoms with van der Waals surface area (Å²) in [7, 11) is 3.78. The highest BCUT2D eigenvalue weighted by molar-refractivity contribution is 6.46. The van der Waals surface area contributed by atoms with E-state index < -0.39 is 17.7 Å². The molecule has 0 aliphatic carbocycles. The summed E-state index contributed by atoms with van der Waals surface area (Å²) in [6, 6.07) is 9.55. The lowest BCUT2D eigenvalue weighted by atomic mass is 9.99. The van der Waals surface area contributed by atoms with E-state index in [1.807, 2.05) is 25.9 Å². The molecule has 29 heavy (non-hydrogen) atoms. The fourth-order valence-corrected chi connectivity index (χ4v) is 3.37. The molecule has 2 aromatic rings. The van der Waals surface area contributed by atoms with Gasteiger partial charge in [0.05, 0.1) is 12.2 Å². The number of carbonyl (C=O) groups is 2. The van der Waals surface area contributed by atoms with Crippen LogP contribution in [0.25, 0.3) is 5.76 Å². The summed E-state index contributed by atoms with van der Waals surface area (Å²) >= 11 is 0. The number of aryl methyl sites for hydroxylation is 1. The van der Waals surface area contributed by atoms with Crippen LogP contribution in [-0.4, -0.2) is 60.4 Å². The van der Waals surface area contributed by atoms with Gasteiger partial charge in [-0.1, -0.05) is 12.1 Å². The first kappa shape index (κ1) is 20.7. The van der Waals surface area contributed by atoms with Gasteiger partial charge in [0.25, 0.3) is 11.7 Å². The van der Waals surface area contributed by atoms with Gasteiger partial charge in [-0.25, -0.2) is 0 Å². The molecule has 0 saturated carbocycles. The maximum Gasteiger partial charge on any atom is 0.295 e. The number of likely N-dealkylation sites (N-methyl/N-ethyl adjacent to an activating group) is 1. The van der Waals surface area contributed by atoms with Crippen LogP contribution in [0.1, 0.15) is 30.0 Å². The van der Waals surface area contributed by atoms with E-state index >= 15 is 0 Å². The van der Waals surface area contributed by atoms with E-state index in [0.717, 1.165) is 0 Å². The molecule has 1 fully saturated rings. The summed E-state index contributed by atoms with van der Waals surface area (Å²) < 4.78 is 11.2. The quantitative estimate of drug-likeness (QED) is 0.439. The molecule has 7 nitrogen and oxygen atoms in total. The van der Waals surface area contributed by atoms with E-state index in [1.54, 1.807) is 43.3 Å². The number of rotatable bonds is 7. The molecule has 1 amide bonds. The molecule has 1 atom stereocenters. The third kappa shape index (κ3) is 4.19. The molecule has 0 spiro atoms. The minimum absolute atomic E-state index is 0.0248. The maximum atomic E-state index is 12.9. The van der Waals surface area contributed by atoms with Crippen molar-refractivity contribution >= 4 is 17.4 Å². The molecular formula is C22H26N2O5. The molecule has 3 rings (SSSR count). The number of aliphatic hydroxyl groups excluding tert-OH is 1. The van der Waals surface area contributed by atoms with Gasteiger partial charge in [0.15, 0.2) is 0 Å². The summed E-state index contributed by atoms with van der Waals surface area (Å²) in [5.74, 6) is 0.0788. The average molecular weight is 398 g/mol. The first-order valence-corrected chi connectivity index (χ1v) is 9.56. The van der Waals surface area contributed by atoms with Crippen molar-refractivity contribution in [2.45, 2.75) is 19.9 Å². The van der Waals surface area contributed by atoms with E-state index in [2.05, 4.69) is 0 Å². The summed E-state index contributed by atoms with van der Waals surface area (Å²) in [5.41, 5.74) is 0.437. The van der Waals surface area contributed by atoms with Crippen LogP contribution in [0.5, 0.6) is 5.75 Å². The number of likely N-dealkylation sites (tertiary alicyclic amines) is 1. The highest BCUT2D eigenvalue weighted by atomic mass is 16.5. The summed E-state index contributed by atoms with van der Waals surface area (Å²) in [6.45, 7) is 5.04. The van der Waals surface area contributed by atoms with Crippen LogP contribution in [0.3, 0.4) is 0 Å². The number of ether oxygens (including phenoxy) is 1. The van der Waals surface area contributed by atoms with Crippen molar-refractivity contribution in [1.82, 2.24) is 9.80 Å². The number of amides is 1. The number of Topliss-reactive ketones (excluding diaryl/α,β-unsaturated/α-hetero) is 1. The SMILES string of the molecule is CCOc1cccc(C(O)=C2C(=O)C(=O)N(CCN(C)C)[C@@H]2c2ccc(C)o2)c1. The Kier molecular flexibility index (Phi) is 6.08. The second kappa shape index (κ2) is 8.53. The smallest absolute Gasteiger partial charge is 0.295 e. The lowest BCUT2D eigenvalue weighted by molar-refractivity contribution is -0.140. The summed E-state index contributed by atoms with van der Waals surface area (Å²) in [4.78, 5) is 29.0. The van der Waals surface area contributed by atoms with E-state index in [1.165, 1.54) is 4.90 Å².